The van der Waals surface area contributed by atoms with E-state index in [4.69, 9.17) is 9.47 Å². The summed E-state index contributed by atoms with van der Waals surface area (Å²) in [6.07, 6.45) is 1.59. The average molecular weight is 497 g/mol. The molecule has 2 heterocycles. The third-order valence-electron chi connectivity index (χ3n) is 5.58. The fourth-order valence-electron chi connectivity index (χ4n) is 3.96. The van der Waals surface area contributed by atoms with E-state index in [1.54, 1.807) is 43.0 Å². The van der Waals surface area contributed by atoms with Gasteiger partial charge in [0.2, 0.25) is 0 Å². The number of sulfone groups is 1. The molecule has 34 heavy (non-hydrogen) atoms. The molecule has 174 valence electrons. The van der Waals surface area contributed by atoms with Crippen molar-refractivity contribution in [3.8, 4) is 22.6 Å². The molecule has 0 saturated heterocycles. The van der Waals surface area contributed by atoms with Gasteiger partial charge < -0.3 is 14.4 Å². The molecule has 1 aliphatic rings. The molecule has 9 heteroatoms. The van der Waals surface area contributed by atoms with Crippen LogP contribution >= 0.6 is 11.3 Å². The van der Waals surface area contributed by atoms with E-state index >= 15 is 0 Å². The molecule has 6 nitrogen and oxygen atoms in total. The van der Waals surface area contributed by atoms with Crippen molar-refractivity contribution in [2.75, 3.05) is 25.2 Å². The van der Waals surface area contributed by atoms with Crippen molar-refractivity contribution in [3.05, 3.63) is 83.1 Å². The van der Waals surface area contributed by atoms with Crippen LogP contribution in [0.5, 0.6) is 11.5 Å². The van der Waals surface area contributed by atoms with Crippen LogP contribution in [0.3, 0.4) is 0 Å². The van der Waals surface area contributed by atoms with Crippen LogP contribution in [0.2, 0.25) is 0 Å². The van der Waals surface area contributed by atoms with Gasteiger partial charge in [0, 0.05) is 17.6 Å². The Kier molecular flexibility index (Phi) is 5.97. The van der Waals surface area contributed by atoms with Crippen LogP contribution in [-0.4, -0.2) is 33.7 Å². The van der Waals surface area contributed by atoms with Crippen LogP contribution in [0.4, 0.5) is 15.8 Å². The molecule has 0 aliphatic carbocycles. The predicted octanol–water partition coefficient (Wildman–Crippen LogP) is 5.46. The Bertz CT molecular complexity index is 1440. The smallest absolute Gasteiger partial charge is 0.185 e. The summed E-state index contributed by atoms with van der Waals surface area (Å²) in [6, 6.07) is 17.0. The van der Waals surface area contributed by atoms with E-state index in [9.17, 15) is 12.8 Å². The minimum atomic E-state index is -3.56. The van der Waals surface area contributed by atoms with Crippen molar-refractivity contribution >= 4 is 32.5 Å². The van der Waals surface area contributed by atoms with E-state index in [-0.39, 0.29) is 16.5 Å². The second-order valence-electron chi connectivity index (χ2n) is 7.71. The quantitative estimate of drug-likeness (QED) is 0.353. The van der Waals surface area contributed by atoms with Gasteiger partial charge in [0.25, 0.3) is 0 Å². The van der Waals surface area contributed by atoms with Crippen LogP contribution < -0.4 is 14.4 Å². The third kappa shape index (κ3) is 4.36. The lowest BCUT2D eigenvalue weighted by Crippen LogP contribution is -2.29. The molecule has 0 saturated carbocycles. The number of fused-ring (bicyclic) bond motifs is 1. The van der Waals surface area contributed by atoms with Crippen molar-refractivity contribution in [3.63, 3.8) is 0 Å². The van der Waals surface area contributed by atoms with Gasteiger partial charge in [0.15, 0.2) is 9.84 Å². The van der Waals surface area contributed by atoms with E-state index in [0.29, 0.717) is 29.7 Å². The fraction of sp³-hybridized carbons (Fsp3) is 0.160. The number of anilines is 2. The molecule has 0 N–H and O–H groups in total. The van der Waals surface area contributed by atoms with Gasteiger partial charge >= 0.3 is 0 Å². The standard InChI is InChI=1S/C25H21FN2O4S2/c1-31-23-14-18(17-3-2-4-19(26)13-17)5-7-21(23)28-10-11-32-24-15-20(6-8-22(24)28)34(29,30)16-25-27-9-12-33-25/h2-9,12-15H,10-11,16H2,1H3. The van der Waals surface area contributed by atoms with Crippen LogP contribution in [-0.2, 0) is 15.6 Å². The molecule has 5 rings (SSSR count). The summed E-state index contributed by atoms with van der Waals surface area (Å²) in [6.45, 7) is 0.950. The number of ether oxygens (including phenoxy) is 2. The Labute approximate surface area is 201 Å². The number of halogens is 1. The first kappa shape index (κ1) is 22.4. The van der Waals surface area contributed by atoms with E-state index < -0.39 is 9.84 Å². The highest BCUT2D eigenvalue weighted by atomic mass is 32.2. The largest absolute Gasteiger partial charge is 0.495 e. The Balaban J connectivity index is 1.49. The molecule has 0 radical (unpaired) electrons. The number of rotatable bonds is 6. The summed E-state index contributed by atoms with van der Waals surface area (Å²) >= 11 is 1.31. The molecule has 0 unspecified atom stereocenters. The number of benzene rings is 3. The lowest BCUT2D eigenvalue weighted by Gasteiger charge is -2.32. The molecule has 1 aromatic heterocycles. The Morgan fingerprint density at radius 3 is 2.68 bits per heavy atom. The zero-order valence-corrected chi connectivity index (χ0v) is 19.9. The topological polar surface area (TPSA) is 68.7 Å². The highest BCUT2D eigenvalue weighted by Crippen LogP contribution is 2.43. The van der Waals surface area contributed by atoms with Crippen LogP contribution in [0.25, 0.3) is 11.1 Å². The number of methoxy groups -OCH3 is 1. The first-order valence-corrected chi connectivity index (χ1v) is 13.1. The highest BCUT2D eigenvalue weighted by molar-refractivity contribution is 7.90. The zero-order chi connectivity index (χ0) is 23.7. The van der Waals surface area contributed by atoms with Gasteiger partial charge in [-0.25, -0.2) is 17.8 Å². The second kappa shape index (κ2) is 9.08. The van der Waals surface area contributed by atoms with Crippen LogP contribution in [0.15, 0.2) is 77.1 Å². The summed E-state index contributed by atoms with van der Waals surface area (Å²) in [7, 11) is -1.97. The molecule has 1 aliphatic heterocycles. The first-order chi connectivity index (χ1) is 16.4. The molecular formula is C25H21FN2O4S2. The van der Waals surface area contributed by atoms with Crippen molar-refractivity contribution in [2.45, 2.75) is 10.6 Å². The normalized spacial score (nSPS) is 13.3. The number of hydrogen-bond donors (Lipinski definition) is 0. The minimum Gasteiger partial charge on any atom is -0.495 e. The summed E-state index contributed by atoms with van der Waals surface area (Å²) in [5.74, 6) is 0.656. The molecule has 0 amide bonds. The molecule has 0 atom stereocenters. The summed E-state index contributed by atoms with van der Waals surface area (Å²) in [5, 5.41) is 2.30. The monoisotopic (exact) mass is 496 g/mol. The molecule has 3 aromatic carbocycles. The van der Waals surface area contributed by atoms with E-state index in [1.807, 2.05) is 29.2 Å². The average Bonchev–Trinajstić information content (AvgIpc) is 3.35. The highest BCUT2D eigenvalue weighted by Gasteiger charge is 2.26. The van der Waals surface area contributed by atoms with Gasteiger partial charge in [0.1, 0.15) is 34.7 Å². The van der Waals surface area contributed by atoms with E-state index in [2.05, 4.69) is 4.98 Å². The maximum atomic E-state index is 13.7. The van der Waals surface area contributed by atoms with Crippen molar-refractivity contribution in [1.82, 2.24) is 4.98 Å². The first-order valence-electron chi connectivity index (χ1n) is 10.5. The van der Waals surface area contributed by atoms with Crippen molar-refractivity contribution in [2.24, 2.45) is 0 Å². The molecule has 0 fully saturated rings. The van der Waals surface area contributed by atoms with Gasteiger partial charge in [-0.1, -0.05) is 18.2 Å². The van der Waals surface area contributed by atoms with Crippen LogP contribution in [0, 0.1) is 5.82 Å². The molecule has 4 aromatic rings. The van der Waals surface area contributed by atoms with Gasteiger partial charge in [-0.05, 0) is 47.5 Å². The lowest BCUT2D eigenvalue weighted by molar-refractivity contribution is 0.312. The predicted molar refractivity (Wildman–Crippen MR) is 130 cm³/mol. The Morgan fingerprint density at radius 1 is 1.09 bits per heavy atom. The van der Waals surface area contributed by atoms with E-state index in [1.165, 1.54) is 23.5 Å². The fourth-order valence-corrected chi connectivity index (χ4v) is 6.23. The van der Waals surface area contributed by atoms with E-state index in [0.717, 1.165) is 22.5 Å². The summed E-state index contributed by atoms with van der Waals surface area (Å²) in [5.41, 5.74) is 3.14. The minimum absolute atomic E-state index is 0.150. The zero-order valence-electron chi connectivity index (χ0n) is 18.3. The number of thiazole rings is 1. The van der Waals surface area contributed by atoms with Gasteiger partial charge in [-0.15, -0.1) is 11.3 Å². The lowest BCUT2D eigenvalue weighted by atomic mass is 10.0. The Hall–Kier alpha value is -3.43. The number of nitrogens with zero attached hydrogens (tertiary/aromatic N) is 2. The van der Waals surface area contributed by atoms with Crippen molar-refractivity contribution in [1.29, 1.82) is 0 Å². The molecular weight excluding hydrogens is 475 g/mol. The van der Waals surface area contributed by atoms with Crippen LogP contribution in [0.1, 0.15) is 5.01 Å². The van der Waals surface area contributed by atoms with Gasteiger partial charge in [0.05, 0.1) is 29.9 Å². The number of aromatic nitrogens is 1. The summed E-state index contributed by atoms with van der Waals surface area (Å²) in [4.78, 5) is 6.31. The van der Waals surface area contributed by atoms with Crippen molar-refractivity contribution < 1.29 is 22.3 Å². The van der Waals surface area contributed by atoms with Gasteiger partial charge in [-0.2, -0.15) is 0 Å². The number of hydrogen-bond acceptors (Lipinski definition) is 7. The third-order valence-corrected chi connectivity index (χ3v) is 8.17. The second-order valence-corrected chi connectivity index (χ2v) is 10.7. The summed E-state index contributed by atoms with van der Waals surface area (Å²) < 4.78 is 51.0. The maximum Gasteiger partial charge on any atom is 0.185 e. The molecule has 0 bridgehead atoms. The maximum absolute atomic E-state index is 13.7. The van der Waals surface area contributed by atoms with Gasteiger partial charge in [-0.3, -0.25) is 0 Å². The molecule has 0 spiro atoms. The Morgan fingerprint density at radius 2 is 1.91 bits per heavy atom. The SMILES string of the molecule is COc1cc(-c2cccc(F)c2)ccc1N1CCOc2cc(S(=O)(=O)Cc3nccs3)ccc21.